The Labute approximate surface area is 136 Å². The largest absolute Gasteiger partial charge is 0.251 e. The van der Waals surface area contributed by atoms with Gasteiger partial charge in [0, 0.05) is 5.38 Å². The van der Waals surface area contributed by atoms with Crippen LogP contribution in [-0.2, 0) is 0 Å². The van der Waals surface area contributed by atoms with E-state index in [9.17, 15) is 4.39 Å². The Hall–Kier alpha value is 0.220. The van der Waals surface area contributed by atoms with Crippen LogP contribution in [0.15, 0.2) is 0 Å². The normalized spacial score (nSPS) is 35.9. The third-order valence-electron chi connectivity index (χ3n) is 6.26. The van der Waals surface area contributed by atoms with Crippen LogP contribution in [0, 0.1) is 29.1 Å². The first-order valence-corrected chi connectivity index (χ1v) is 9.56. The topological polar surface area (TPSA) is 0 Å². The lowest BCUT2D eigenvalue weighted by atomic mass is 9.70. The molecular weight excluding hydrogens is 283 g/mol. The number of rotatable bonds is 6. The van der Waals surface area contributed by atoms with E-state index in [0.29, 0.717) is 16.7 Å². The van der Waals surface area contributed by atoms with E-state index >= 15 is 0 Å². The van der Waals surface area contributed by atoms with Crippen LogP contribution in [0.4, 0.5) is 4.39 Å². The van der Waals surface area contributed by atoms with Crippen molar-refractivity contribution in [3.63, 3.8) is 0 Å². The Morgan fingerprint density at radius 3 is 2.48 bits per heavy atom. The standard InChI is InChI=1S/C19H34ClF/c1-14(10-16-6-4-5-7-18(16)20)12-19(2,3)17-9-8-15(11-17)13-21/h14-18H,4-13H2,1-3H3/t14-,15?,16?,17?,18?/m0/s1. The van der Waals surface area contributed by atoms with E-state index in [4.69, 9.17) is 11.6 Å². The quantitative estimate of drug-likeness (QED) is 0.483. The Morgan fingerprint density at radius 2 is 1.86 bits per heavy atom. The minimum absolute atomic E-state index is 0.113. The van der Waals surface area contributed by atoms with Crippen molar-refractivity contribution < 1.29 is 4.39 Å². The maximum absolute atomic E-state index is 12.9. The van der Waals surface area contributed by atoms with Gasteiger partial charge in [-0.15, -0.1) is 11.6 Å². The van der Waals surface area contributed by atoms with Crippen LogP contribution < -0.4 is 0 Å². The summed E-state index contributed by atoms with van der Waals surface area (Å²) >= 11 is 6.52. The van der Waals surface area contributed by atoms with Gasteiger partial charge in [-0.1, -0.05) is 33.6 Å². The van der Waals surface area contributed by atoms with Crippen LogP contribution >= 0.6 is 11.6 Å². The number of halogens is 2. The lowest BCUT2D eigenvalue weighted by molar-refractivity contribution is 0.147. The molecule has 0 radical (unpaired) electrons. The summed E-state index contributed by atoms with van der Waals surface area (Å²) in [7, 11) is 0. The fraction of sp³-hybridized carbons (Fsp3) is 1.00. The average Bonchev–Trinajstić information content (AvgIpc) is 2.90. The molecule has 0 heterocycles. The summed E-state index contributed by atoms with van der Waals surface area (Å²) in [5, 5.41) is 0.409. The van der Waals surface area contributed by atoms with Crippen LogP contribution in [0.25, 0.3) is 0 Å². The minimum atomic E-state index is -0.113. The summed E-state index contributed by atoms with van der Waals surface area (Å²) in [6.45, 7) is 7.11. The van der Waals surface area contributed by atoms with Gasteiger partial charge in [-0.2, -0.15) is 0 Å². The zero-order valence-electron chi connectivity index (χ0n) is 14.2. The SMILES string of the molecule is C[C@@H](CC1CCCCC1Cl)CC(C)(C)C1CCC(CF)C1. The van der Waals surface area contributed by atoms with Gasteiger partial charge in [-0.25, -0.2) is 0 Å². The molecule has 0 bridgehead atoms. The first kappa shape index (κ1) is 17.6. The lowest BCUT2D eigenvalue weighted by Crippen LogP contribution is -2.28. The molecule has 0 saturated heterocycles. The lowest BCUT2D eigenvalue weighted by Gasteiger charge is -2.36. The van der Waals surface area contributed by atoms with E-state index in [-0.39, 0.29) is 6.67 Å². The number of alkyl halides is 2. The van der Waals surface area contributed by atoms with Gasteiger partial charge in [0.2, 0.25) is 0 Å². The molecule has 4 unspecified atom stereocenters. The van der Waals surface area contributed by atoms with Gasteiger partial charge < -0.3 is 0 Å². The number of hydrogen-bond donors (Lipinski definition) is 0. The maximum Gasteiger partial charge on any atom is 0.0922 e. The highest BCUT2D eigenvalue weighted by Crippen LogP contribution is 2.47. The summed E-state index contributed by atoms with van der Waals surface area (Å²) in [4.78, 5) is 0. The molecule has 0 aromatic carbocycles. The molecule has 0 amide bonds. The molecule has 0 N–H and O–H groups in total. The monoisotopic (exact) mass is 316 g/mol. The average molecular weight is 317 g/mol. The van der Waals surface area contributed by atoms with Crippen molar-refractivity contribution in [2.45, 2.75) is 83.9 Å². The van der Waals surface area contributed by atoms with Crippen molar-refractivity contribution in [3.8, 4) is 0 Å². The summed E-state index contributed by atoms with van der Waals surface area (Å²) in [6, 6.07) is 0. The highest BCUT2D eigenvalue weighted by atomic mass is 35.5. The third-order valence-corrected chi connectivity index (χ3v) is 6.84. The highest BCUT2D eigenvalue weighted by molar-refractivity contribution is 6.20. The van der Waals surface area contributed by atoms with Crippen LogP contribution in [0.2, 0.25) is 0 Å². The molecule has 2 heteroatoms. The Morgan fingerprint density at radius 1 is 1.14 bits per heavy atom. The van der Waals surface area contributed by atoms with E-state index in [1.807, 2.05) is 0 Å². The molecule has 0 aromatic rings. The van der Waals surface area contributed by atoms with E-state index < -0.39 is 0 Å². The molecule has 0 aromatic heterocycles. The van der Waals surface area contributed by atoms with Gasteiger partial charge in [0.15, 0.2) is 0 Å². The molecule has 2 aliphatic rings. The van der Waals surface area contributed by atoms with E-state index in [0.717, 1.165) is 30.6 Å². The molecule has 0 nitrogen and oxygen atoms in total. The fourth-order valence-electron chi connectivity index (χ4n) is 5.02. The van der Waals surface area contributed by atoms with Crippen molar-refractivity contribution in [1.29, 1.82) is 0 Å². The Kier molecular flexibility index (Phi) is 6.41. The van der Waals surface area contributed by atoms with E-state index in [1.165, 1.54) is 44.9 Å². The first-order valence-electron chi connectivity index (χ1n) is 9.12. The number of hydrogen-bond acceptors (Lipinski definition) is 0. The highest BCUT2D eigenvalue weighted by Gasteiger charge is 2.37. The molecule has 5 atom stereocenters. The second-order valence-corrected chi connectivity index (χ2v) is 9.18. The Bertz CT molecular complexity index is 315. The van der Waals surface area contributed by atoms with E-state index in [2.05, 4.69) is 20.8 Å². The third kappa shape index (κ3) is 4.85. The van der Waals surface area contributed by atoms with Gasteiger partial charge in [0.1, 0.15) is 0 Å². The second-order valence-electron chi connectivity index (χ2n) is 8.62. The summed E-state index contributed by atoms with van der Waals surface area (Å²) in [6.07, 6.45) is 11.2. The summed E-state index contributed by atoms with van der Waals surface area (Å²) in [5.74, 6) is 2.54. The molecule has 2 aliphatic carbocycles. The molecule has 0 spiro atoms. The minimum Gasteiger partial charge on any atom is -0.251 e. The van der Waals surface area contributed by atoms with Crippen molar-refractivity contribution in [2.24, 2.45) is 29.1 Å². The summed E-state index contributed by atoms with van der Waals surface area (Å²) < 4.78 is 12.9. The fourth-order valence-corrected chi connectivity index (χ4v) is 5.40. The zero-order chi connectivity index (χ0) is 15.5. The summed E-state index contributed by atoms with van der Waals surface area (Å²) in [5.41, 5.74) is 0.361. The van der Waals surface area contributed by atoms with Gasteiger partial charge >= 0.3 is 0 Å². The van der Waals surface area contributed by atoms with Crippen molar-refractivity contribution in [3.05, 3.63) is 0 Å². The van der Waals surface area contributed by atoms with Crippen LogP contribution in [-0.4, -0.2) is 12.1 Å². The molecule has 2 rings (SSSR count). The van der Waals surface area contributed by atoms with Gasteiger partial charge in [0.05, 0.1) is 6.67 Å². The van der Waals surface area contributed by atoms with Crippen molar-refractivity contribution in [2.75, 3.05) is 6.67 Å². The molecule has 0 aliphatic heterocycles. The molecule has 2 fully saturated rings. The van der Waals surface area contributed by atoms with Gasteiger partial charge in [0.25, 0.3) is 0 Å². The first-order chi connectivity index (χ1) is 9.92. The zero-order valence-corrected chi connectivity index (χ0v) is 15.0. The Balaban J connectivity index is 1.81. The molecule has 2 saturated carbocycles. The molecule has 21 heavy (non-hydrogen) atoms. The molecule has 124 valence electrons. The predicted octanol–water partition coefficient (Wildman–Crippen LogP) is 6.61. The van der Waals surface area contributed by atoms with Crippen LogP contribution in [0.1, 0.15) is 78.6 Å². The maximum atomic E-state index is 12.9. The van der Waals surface area contributed by atoms with Gasteiger partial charge in [-0.3, -0.25) is 4.39 Å². The molecular formula is C19H34ClF. The second kappa shape index (κ2) is 7.66. The van der Waals surface area contributed by atoms with Crippen LogP contribution in [0.5, 0.6) is 0 Å². The van der Waals surface area contributed by atoms with E-state index in [1.54, 1.807) is 0 Å². The van der Waals surface area contributed by atoms with Crippen LogP contribution in [0.3, 0.4) is 0 Å². The van der Waals surface area contributed by atoms with Crippen molar-refractivity contribution >= 4 is 11.6 Å². The predicted molar refractivity (Wildman–Crippen MR) is 90.6 cm³/mol. The van der Waals surface area contributed by atoms with Gasteiger partial charge in [-0.05, 0) is 74.0 Å². The smallest absolute Gasteiger partial charge is 0.0922 e. The van der Waals surface area contributed by atoms with Crippen molar-refractivity contribution in [1.82, 2.24) is 0 Å².